The number of aliphatic carboxylic acids is 1. The highest BCUT2D eigenvalue weighted by atomic mass is 19.4. The van der Waals surface area contributed by atoms with Crippen LogP contribution in [-0.2, 0) is 11.0 Å². The van der Waals surface area contributed by atoms with E-state index < -0.39 is 29.7 Å². The van der Waals surface area contributed by atoms with E-state index in [9.17, 15) is 27.9 Å². The van der Waals surface area contributed by atoms with Crippen molar-refractivity contribution in [2.45, 2.75) is 38.4 Å². The topological polar surface area (TPSA) is 57.6 Å². The van der Waals surface area contributed by atoms with E-state index in [1.165, 1.54) is 17.0 Å². The number of carbonyl (C=O) groups excluding carboxylic acids is 1. The third kappa shape index (κ3) is 5.80. The summed E-state index contributed by atoms with van der Waals surface area (Å²) in [7, 11) is 0. The lowest BCUT2D eigenvalue weighted by molar-refractivity contribution is -0.138. The second-order valence-corrected chi connectivity index (χ2v) is 7.63. The molecule has 3 aromatic rings. The van der Waals surface area contributed by atoms with Gasteiger partial charge in [0.25, 0.3) is 5.91 Å². The third-order valence-electron chi connectivity index (χ3n) is 5.43. The fourth-order valence-corrected chi connectivity index (χ4v) is 3.79. The Morgan fingerprint density at radius 3 is 2.24 bits per heavy atom. The monoisotopic (exact) mass is 455 g/mol. The van der Waals surface area contributed by atoms with E-state index in [1.807, 2.05) is 49.4 Å². The first-order chi connectivity index (χ1) is 15.7. The van der Waals surface area contributed by atoms with Crippen LogP contribution in [0, 0.1) is 0 Å². The minimum atomic E-state index is -4.59. The smallest absolute Gasteiger partial charge is 0.416 e. The molecular weight excluding hydrogens is 431 g/mol. The van der Waals surface area contributed by atoms with E-state index in [2.05, 4.69) is 0 Å². The van der Waals surface area contributed by atoms with Crippen LogP contribution >= 0.6 is 0 Å². The molecule has 1 unspecified atom stereocenters. The first-order valence-corrected chi connectivity index (χ1v) is 10.6. The normalized spacial score (nSPS) is 12.2. The van der Waals surface area contributed by atoms with Crippen molar-refractivity contribution in [3.05, 3.63) is 90.0 Å². The predicted octanol–water partition coefficient (Wildman–Crippen LogP) is 6.66. The molecule has 0 bridgehead atoms. The minimum Gasteiger partial charge on any atom is -0.481 e. The molecule has 1 atom stereocenters. The number of alkyl halides is 3. The van der Waals surface area contributed by atoms with E-state index >= 15 is 0 Å². The molecule has 7 heteroatoms. The van der Waals surface area contributed by atoms with Gasteiger partial charge in [-0.15, -0.1) is 0 Å². The second kappa shape index (κ2) is 10.3. The standard InChI is InChI=1S/C26H24F3NO3/c1-2-21(15-16-24(31)32)30(25(33)19-11-8-12-20(17-19)26(27,28)29)23-14-7-6-13-22(23)18-9-4-3-5-10-18/h3-14,17,21H,2,15-16H2,1H3,(H,31,32). The molecule has 3 rings (SSSR count). The summed E-state index contributed by atoms with van der Waals surface area (Å²) in [6.07, 6.45) is -4.16. The van der Waals surface area contributed by atoms with Crippen LogP contribution in [0.5, 0.6) is 0 Å². The Morgan fingerprint density at radius 1 is 0.939 bits per heavy atom. The minimum absolute atomic E-state index is 0.110. The van der Waals surface area contributed by atoms with E-state index in [0.717, 1.165) is 23.3 Å². The summed E-state index contributed by atoms with van der Waals surface area (Å²) in [5.74, 6) is -1.61. The van der Waals surface area contributed by atoms with Gasteiger partial charge in [0, 0.05) is 23.6 Å². The lowest BCUT2D eigenvalue weighted by Crippen LogP contribution is -2.41. The first-order valence-electron chi connectivity index (χ1n) is 10.6. The molecule has 0 aliphatic heterocycles. The molecule has 1 N–H and O–H groups in total. The number of amides is 1. The van der Waals surface area contributed by atoms with Crippen molar-refractivity contribution in [1.82, 2.24) is 0 Å². The summed E-state index contributed by atoms with van der Waals surface area (Å²) < 4.78 is 39.9. The molecule has 33 heavy (non-hydrogen) atoms. The molecule has 172 valence electrons. The van der Waals surface area contributed by atoms with Crippen molar-refractivity contribution in [3.8, 4) is 11.1 Å². The summed E-state index contributed by atoms with van der Waals surface area (Å²) in [6.45, 7) is 1.82. The highest BCUT2D eigenvalue weighted by Crippen LogP contribution is 2.35. The van der Waals surface area contributed by atoms with E-state index in [0.29, 0.717) is 12.1 Å². The predicted molar refractivity (Wildman–Crippen MR) is 121 cm³/mol. The number of carboxylic acids is 1. The van der Waals surface area contributed by atoms with Crippen LogP contribution < -0.4 is 4.90 Å². The molecule has 3 aromatic carbocycles. The number of hydrogen-bond donors (Lipinski definition) is 1. The van der Waals surface area contributed by atoms with Crippen LogP contribution in [-0.4, -0.2) is 23.0 Å². The van der Waals surface area contributed by atoms with Crippen LogP contribution in [0.25, 0.3) is 11.1 Å². The van der Waals surface area contributed by atoms with Crippen molar-refractivity contribution in [2.24, 2.45) is 0 Å². The van der Waals surface area contributed by atoms with Gasteiger partial charge in [0.15, 0.2) is 0 Å². The molecule has 0 radical (unpaired) electrons. The summed E-state index contributed by atoms with van der Waals surface area (Å²) in [5, 5.41) is 9.20. The van der Waals surface area contributed by atoms with Crippen molar-refractivity contribution in [1.29, 1.82) is 0 Å². The lowest BCUT2D eigenvalue weighted by atomic mass is 9.98. The molecule has 0 spiro atoms. The number of anilines is 1. The van der Waals surface area contributed by atoms with Crippen LogP contribution in [0.3, 0.4) is 0 Å². The van der Waals surface area contributed by atoms with E-state index in [4.69, 9.17) is 0 Å². The Labute approximate surface area is 190 Å². The molecule has 0 heterocycles. The van der Waals surface area contributed by atoms with Gasteiger partial charge < -0.3 is 10.0 Å². The van der Waals surface area contributed by atoms with Crippen LogP contribution in [0.4, 0.5) is 18.9 Å². The second-order valence-electron chi connectivity index (χ2n) is 7.63. The Bertz CT molecular complexity index is 1110. The van der Waals surface area contributed by atoms with E-state index in [-0.39, 0.29) is 18.4 Å². The summed E-state index contributed by atoms with van der Waals surface area (Å²) in [4.78, 5) is 26.3. The number of halogens is 3. The molecule has 0 saturated carbocycles. The van der Waals surface area contributed by atoms with E-state index in [1.54, 1.807) is 12.1 Å². The van der Waals surface area contributed by atoms with Crippen molar-refractivity contribution in [3.63, 3.8) is 0 Å². The number of carboxylic acid groups (broad SMARTS) is 1. The van der Waals surface area contributed by atoms with Gasteiger partial charge in [-0.3, -0.25) is 9.59 Å². The van der Waals surface area contributed by atoms with Gasteiger partial charge in [-0.2, -0.15) is 13.2 Å². The van der Waals surface area contributed by atoms with Crippen molar-refractivity contribution >= 4 is 17.6 Å². The van der Waals surface area contributed by atoms with Gasteiger partial charge in [0.2, 0.25) is 0 Å². The molecule has 0 fully saturated rings. The van der Waals surface area contributed by atoms with Gasteiger partial charge in [-0.25, -0.2) is 0 Å². The third-order valence-corrected chi connectivity index (χ3v) is 5.43. The number of nitrogens with zero attached hydrogens (tertiary/aromatic N) is 1. The Morgan fingerprint density at radius 2 is 1.61 bits per heavy atom. The van der Waals surface area contributed by atoms with Gasteiger partial charge in [0.05, 0.1) is 11.3 Å². The van der Waals surface area contributed by atoms with Crippen LogP contribution in [0.2, 0.25) is 0 Å². The highest BCUT2D eigenvalue weighted by Gasteiger charge is 2.33. The maximum atomic E-state index is 13.7. The average molecular weight is 455 g/mol. The zero-order valence-corrected chi connectivity index (χ0v) is 18.0. The van der Waals surface area contributed by atoms with Crippen LogP contribution in [0.1, 0.15) is 42.1 Å². The fraction of sp³-hybridized carbons (Fsp3) is 0.231. The number of para-hydroxylation sites is 1. The average Bonchev–Trinajstić information content (AvgIpc) is 2.81. The van der Waals surface area contributed by atoms with Crippen molar-refractivity contribution in [2.75, 3.05) is 4.90 Å². The zero-order chi connectivity index (χ0) is 24.0. The summed E-state index contributed by atoms with van der Waals surface area (Å²) >= 11 is 0. The molecule has 4 nitrogen and oxygen atoms in total. The lowest BCUT2D eigenvalue weighted by Gasteiger charge is -2.33. The molecule has 0 aromatic heterocycles. The molecule has 0 aliphatic carbocycles. The molecule has 0 aliphatic rings. The Hall–Kier alpha value is -3.61. The van der Waals surface area contributed by atoms with Crippen LogP contribution in [0.15, 0.2) is 78.9 Å². The number of benzene rings is 3. The van der Waals surface area contributed by atoms with Gasteiger partial charge in [-0.1, -0.05) is 61.5 Å². The summed E-state index contributed by atoms with van der Waals surface area (Å²) in [5.41, 5.74) is 1.06. The molecular formula is C26H24F3NO3. The Balaban J connectivity index is 2.14. The van der Waals surface area contributed by atoms with Gasteiger partial charge in [0.1, 0.15) is 0 Å². The summed E-state index contributed by atoms with van der Waals surface area (Å²) in [6, 6.07) is 20.2. The Kier molecular flexibility index (Phi) is 7.53. The largest absolute Gasteiger partial charge is 0.481 e. The van der Waals surface area contributed by atoms with Crippen molar-refractivity contribution < 1.29 is 27.9 Å². The van der Waals surface area contributed by atoms with Gasteiger partial charge >= 0.3 is 12.1 Å². The number of rotatable bonds is 8. The SMILES string of the molecule is CCC(CCC(=O)O)N(C(=O)c1cccc(C(F)(F)F)c1)c1ccccc1-c1ccccc1. The maximum absolute atomic E-state index is 13.7. The maximum Gasteiger partial charge on any atom is 0.416 e. The molecule has 1 amide bonds. The zero-order valence-electron chi connectivity index (χ0n) is 18.0. The van der Waals surface area contributed by atoms with Gasteiger partial charge in [-0.05, 0) is 42.7 Å². The first kappa shape index (κ1) is 24.0. The number of hydrogen-bond acceptors (Lipinski definition) is 2. The molecule has 0 saturated heterocycles. The quantitative estimate of drug-likeness (QED) is 0.413. The fourth-order valence-electron chi connectivity index (χ4n) is 3.79. The number of carbonyl (C=O) groups is 2. The highest BCUT2D eigenvalue weighted by molar-refractivity contribution is 6.08.